The summed E-state index contributed by atoms with van der Waals surface area (Å²) in [5.41, 5.74) is -5.52. The van der Waals surface area contributed by atoms with E-state index in [0.29, 0.717) is 6.42 Å². The van der Waals surface area contributed by atoms with Crippen LogP contribution in [0.25, 0.3) is 0 Å². The van der Waals surface area contributed by atoms with Gasteiger partial charge >= 0.3 is 5.97 Å². The average molecular weight is 252 g/mol. The topological polar surface area (TPSA) is 106 Å². The van der Waals surface area contributed by atoms with Crippen LogP contribution in [-0.2, 0) is 24.0 Å². The van der Waals surface area contributed by atoms with Gasteiger partial charge in [0.25, 0.3) is 0 Å². The monoisotopic (exact) mass is 252 g/mol. The van der Waals surface area contributed by atoms with Crippen molar-refractivity contribution in [2.24, 2.45) is 22.2 Å². The van der Waals surface area contributed by atoms with Crippen LogP contribution in [0.3, 0.4) is 0 Å². The first-order chi connectivity index (χ1) is 8.50. The third-order valence-corrected chi connectivity index (χ3v) is 4.87. The standard InChI is InChI=1S/C12H12O6/c13-4-11(5-14)8-1-2-10(3-8,9(17)18)12(11,6-15)7-16/h4-8H,1-3H2,(H,17,18). The lowest BCUT2D eigenvalue weighted by molar-refractivity contribution is -0.170. The van der Waals surface area contributed by atoms with E-state index in [1.54, 1.807) is 0 Å². The van der Waals surface area contributed by atoms with Crippen LogP contribution in [-0.4, -0.2) is 36.2 Å². The van der Waals surface area contributed by atoms with Gasteiger partial charge in [-0.25, -0.2) is 0 Å². The summed E-state index contributed by atoms with van der Waals surface area (Å²) in [5.74, 6) is -1.85. The Labute approximate surface area is 102 Å². The molecule has 0 aliphatic heterocycles. The fraction of sp³-hybridized carbons (Fsp3) is 0.583. The average Bonchev–Trinajstić information content (AvgIpc) is 2.92. The summed E-state index contributed by atoms with van der Waals surface area (Å²) in [6.07, 6.45) is 1.40. The van der Waals surface area contributed by atoms with E-state index < -0.39 is 28.1 Å². The SMILES string of the molecule is O=CC1(C=O)C2CCC(C(=O)O)(C2)C1(C=O)C=O. The molecule has 0 aromatic rings. The summed E-state index contributed by atoms with van der Waals surface area (Å²) in [4.78, 5) is 56.9. The molecular weight excluding hydrogens is 240 g/mol. The number of aldehydes is 4. The molecule has 0 radical (unpaired) electrons. The van der Waals surface area contributed by atoms with Gasteiger partial charge in [-0.05, 0) is 25.2 Å². The van der Waals surface area contributed by atoms with Gasteiger partial charge in [0, 0.05) is 0 Å². The molecule has 6 nitrogen and oxygen atoms in total. The van der Waals surface area contributed by atoms with Crippen LogP contribution in [0, 0.1) is 22.2 Å². The van der Waals surface area contributed by atoms with Gasteiger partial charge in [0.05, 0.1) is 5.41 Å². The molecule has 2 atom stereocenters. The van der Waals surface area contributed by atoms with Crippen molar-refractivity contribution in [3.63, 3.8) is 0 Å². The maximum atomic E-state index is 11.5. The van der Waals surface area contributed by atoms with Crippen molar-refractivity contribution in [3.05, 3.63) is 0 Å². The molecule has 1 N–H and O–H groups in total. The molecule has 2 aliphatic carbocycles. The number of carboxylic acids is 1. The molecule has 18 heavy (non-hydrogen) atoms. The lowest BCUT2D eigenvalue weighted by Gasteiger charge is -2.43. The molecule has 2 saturated carbocycles. The van der Waals surface area contributed by atoms with Crippen LogP contribution < -0.4 is 0 Å². The third kappa shape index (κ3) is 0.935. The van der Waals surface area contributed by atoms with Crippen molar-refractivity contribution in [1.82, 2.24) is 0 Å². The first kappa shape index (κ1) is 12.6. The Hall–Kier alpha value is -1.85. The van der Waals surface area contributed by atoms with Crippen molar-refractivity contribution in [3.8, 4) is 0 Å². The second kappa shape index (κ2) is 3.57. The molecule has 96 valence electrons. The lowest BCUT2D eigenvalue weighted by Crippen LogP contribution is -2.58. The number of carboxylic acid groups (broad SMARTS) is 1. The summed E-state index contributed by atoms with van der Waals surface area (Å²) in [6.45, 7) is 0. The van der Waals surface area contributed by atoms with Crippen LogP contribution >= 0.6 is 0 Å². The van der Waals surface area contributed by atoms with Crippen molar-refractivity contribution in [2.45, 2.75) is 19.3 Å². The zero-order valence-electron chi connectivity index (χ0n) is 9.50. The summed E-state index contributed by atoms with van der Waals surface area (Å²) >= 11 is 0. The smallest absolute Gasteiger partial charge is 0.311 e. The molecule has 2 bridgehead atoms. The van der Waals surface area contributed by atoms with Gasteiger partial charge in [-0.15, -0.1) is 0 Å². The Bertz CT molecular complexity index is 437. The van der Waals surface area contributed by atoms with E-state index in [2.05, 4.69) is 0 Å². The maximum absolute atomic E-state index is 11.5. The number of rotatable bonds is 5. The van der Waals surface area contributed by atoms with E-state index in [1.165, 1.54) is 0 Å². The van der Waals surface area contributed by atoms with Crippen LogP contribution in [0.15, 0.2) is 0 Å². The second-order valence-corrected chi connectivity index (χ2v) is 5.10. The van der Waals surface area contributed by atoms with Gasteiger partial charge in [-0.3, -0.25) is 4.79 Å². The number of aliphatic carboxylic acids is 1. The van der Waals surface area contributed by atoms with Crippen LogP contribution in [0.1, 0.15) is 19.3 Å². The molecule has 2 unspecified atom stereocenters. The second-order valence-electron chi connectivity index (χ2n) is 5.10. The van der Waals surface area contributed by atoms with Gasteiger partial charge in [0.1, 0.15) is 36.0 Å². The highest BCUT2D eigenvalue weighted by Gasteiger charge is 2.78. The quantitative estimate of drug-likeness (QED) is 0.529. The van der Waals surface area contributed by atoms with E-state index in [4.69, 9.17) is 0 Å². The van der Waals surface area contributed by atoms with Crippen molar-refractivity contribution < 1.29 is 29.1 Å². The summed E-state index contributed by atoms with van der Waals surface area (Å²) in [5, 5.41) is 9.36. The minimum absolute atomic E-state index is 0.0112. The Morgan fingerprint density at radius 1 is 1.06 bits per heavy atom. The highest BCUT2D eigenvalue weighted by atomic mass is 16.4. The minimum Gasteiger partial charge on any atom is -0.481 e. The van der Waals surface area contributed by atoms with Crippen molar-refractivity contribution in [2.75, 3.05) is 0 Å². The van der Waals surface area contributed by atoms with Gasteiger partial charge in [0.15, 0.2) is 0 Å². The largest absolute Gasteiger partial charge is 0.481 e. The Morgan fingerprint density at radius 3 is 2.00 bits per heavy atom. The molecule has 2 rings (SSSR count). The Morgan fingerprint density at radius 2 is 1.61 bits per heavy atom. The molecule has 0 aromatic heterocycles. The van der Waals surface area contributed by atoms with E-state index in [0.717, 1.165) is 0 Å². The molecule has 0 saturated heterocycles. The normalized spacial score (nSPS) is 34.8. The fourth-order valence-corrected chi connectivity index (χ4v) is 3.82. The number of hydrogen-bond donors (Lipinski definition) is 1. The van der Waals surface area contributed by atoms with E-state index in [-0.39, 0.29) is 38.0 Å². The maximum Gasteiger partial charge on any atom is 0.311 e. The predicted octanol–water partition coefficient (Wildman–Crippen LogP) is -0.361. The predicted molar refractivity (Wildman–Crippen MR) is 56.5 cm³/mol. The number of carbonyl (C=O) groups excluding carboxylic acids is 4. The Balaban J connectivity index is 2.77. The van der Waals surface area contributed by atoms with Crippen LogP contribution in [0.2, 0.25) is 0 Å². The number of carbonyl (C=O) groups is 5. The number of fused-ring (bicyclic) bond motifs is 2. The summed E-state index contributed by atoms with van der Waals surface area (Å²) in [6, 6.07) is 0. The highest BCUT2D eigenvalue weighted by Crippen LogP contribution is 2.70. The molecule has 0 heterocycles. The van der Waals surface area contributed by atoms with Gasteiger partial charge in [-0.2, -0.15) is 0 Å². The molecular formula is C12H12O6. The van der Waals surface area contributed by atoms with Gasteiger partial charge in [0.2, 0.25) is 0 Å². The number of hydrogen-bond acceptors (Lipinski definition) is 5. The first-order valence-corrected chi connectivity index (χ1v) is 5.59. The van der Waals surface area contributed by atoms with Gasteiger partial charge in [-0.1, -0.05) is 0 Å². The third-order valence-electron chi connectivity index (χ3n) is 4.87. The molecule has 2 aliphatic rings. The van der Waals surface area contributed by atoms with E-state index in [9.17, 15) is 29.1 Å². The molecule has 2 fully saturated rings. The Kier molecular flexibility index (Phi) is 2.50. The van der Waals surface area contributed by atoms with Crippen molar-refractivity contribution in [1.29, 1.82) is 0 Å². The molecule has 0 aromatic carbocycles. The highest BCUT2D eigenvalue weighted by molar-refractivity contribution is 6.06. The van der Waals surface area contributed by atoms with Crippen LogP contribution in [0.4, 0.5) is 0 Å². The van der Waals surface area contributed by atoms with E-state index >= 15 is 0 Å². The summed E-state index contributed by atoms with van der Waals surface area (Å²) < 4.78 is 0. The molecule has 0 amide bonds. The fourth-order valence-electron chi connectivity index (χ4n) is 3.82. The van der Waals surface area contributed by atoms with Gasteiger partial charge < -0.3 is 24.3 Å². The minimum atomic E-state index is -2.07. The van der Waals surface area contributed by atoms with Crippen LogP contribution in [0.5, 0.6) is 0 Å². The molecule has 0 spiro atoms. The molecule has 6 heteroatoms. The first-order valence-electron chi connectivity index (χ1n) is 5.59. The zero-order chi connectivity index (χ0) is 13.6. The summed E-state index contributed by atoms with van der Waals surface area (Å²) in [7, 11) is 0. The van der Waals surface area contributed by atoms with E-state index in [1.807, 2.05) is 0 Å². The van der Waals surface area contributed by atoms with Crippen molar-refractivity contribution >= 4 is 31.1 Å². The zero-order valence-corrected chi connectivity index (χ0v) is 9.50. The lowest BCUT2D eigenvalue weighted by atomic mass is 9.53.